The Bertz CT molecular complexity index is 340. The van der Waals surface area contributed by atoms with Crippen molar-refractivity contribution in [1.82, 2.24) is 9.97 Å². The molecule has 0 amide bonds. The molecule has 0 aliphatic rings. The molecule has 0 fully saturated rings. The fraction of sp³-hybridized carbons (Fsp3) is 0.600. The van der Waals surface area contributed by atoms with E-state index >= 15 is 0 Å². The van der Waals surface area contributed by atoms with Gasteiger partial charge in [0, 0.05) is 13.1 Å². The molecule has 1 atom stereocenters. The average molecular weight is 229 g/mol. The highest BCUT2D eigenvalue weighted by molar-refractivity contribution is 6.28. The maximum absolute atomic E-state index is 5.80. The summed E-state index contributed by atoms with van der Waals surface area (Å²) in [5.41, 5.74) is 6.35. The van der Waals surface area contributed by atoms with Gasteiger partial charge in [-0.2, -0.15) is 4.98 Å². The van der Waals surface area contributed by atoms with Gasteiger partial charge in [0.2, 0.25) is 5.28 Å². The lowest BCUT2D eigenvalue weighted by atomic mass is 10.1. The molecule has 15 heavy (non-hydrogen) atoms. The normalized spacial score (nSPS) is 12.9. The smallest absolute Gasteiger partial charge is 0.224 e. The van der Waals surface area contributed by atoms with Crippen LogP contribution in [0.4, 0.5) is 11.5 Å². The number of rotatable bonds is 3. The molecular weight excluding hydrogens is 212 g/mol. The first-order chi connectivity index (χ1) is 6.93. The van der Waals surface area contributed by atoms with E-state index in [-0.39, 0.29) is 5.28 Å². The molecule has 0 spiro atoms. The standard InChI is InChI=1S/C10H17ClN4/c1-6(2)7(3)15(4)9-8(12)5-13-10(11)14-9/h5-7H,12H2,1-4H3. The monoisotopic (exact) mass is 228 g/mol. The van der Waals surface area contributed by atoms with Gasteiger partial charge in [-0.25, -0.2) is 4.98 Å². The Labute approximate surface area is 95.5 Å². The highest BCUT2D eigenvalue weighted by Crippen LogP contribution is 2.23. The van der Waals surface area contributed by atoms with Crippen molar-refractivity contribution in [3.63, 3.8) is 0 Å². The Balaban J connectivity index is 2.99. The number of hydrogen-bond donors (Lipinski definition) is 1. The van der Waals surface area contributed by atoms with Crippen LogP contribution < -0.4 is 10.6 Å². The molecule has 2 N–H and O–H groups in total. The summed E-state index contributed by atoms with van der Waals surface area (Å²) in [6, 6.07) is 0.346. The molecule has 1 rings (SSSR count). The van der Waals surface area contributed by atoms with E-state index in [9.17, 15) is 0 Å². The Morgan fingerprint density at radius 2 is 2.00 bits per heavy atom. The summed E-state index contributed by atoms with van der Waals surface area (Å²) in [6.45, 7) is 6.43. The summed E-state index contributed by atoms with van der Waals surface area (Å²) < 4.78 is 0. The topological polar surface area (TPSA) is 55.0 Å². The van der Waals surface area contributed by atoms with Crippen molar-refractivity contribution in [1.29, 1.82) is 0 Å². The second kappa shape index (κ2) is 4.66. The highest BCUT2D eigenvalue weighted by Gasteiger charge is 2.17. The van der Waals surface area contributed by atoms with Gasteiger partial charge in [0.15, 0.2) is 5.82 Å². The van der Waals surface area contributed by atoms with Gasteiger partial charge in [0.05, 0.1) is 11.9 Å². The first-order valence-electron chi connectivity index (χ1n) is 4.94. The fourth-order valence-electron chi connectivity index (χ4n) is 1.28. The van der Waals surface area contributed by atoms with Crippen LogP contribution in [0, 0.1) is 5.92 Å². The van der Waals surface area contributed by atoms with Crippen molar-refractivity contribution in [3.05, 3.63) is 11.5 Å². The molecule has 0 saturated heterocycles. The van der Waals surface area contributed by atoms with Crippen LogP contribution in [0.2, 0.25) is 5.28 Å². The van der Waals surface area contributed by atoms with Crippen LogP contribution in [0.1, 0.15) is 20.8 Å². The highest BCUT2D eigenvalue weighted by atomic mass is 35.5. The molecule has 1 unspecified atom stereocenters. The molecule has 5 heteroatoms. The van der Waals surface area contributed by atoms with Crippen molar-refractivity contribution in [3.8, 4) is 0 Å². The Morgan fingerprint density at radius 3 is 2.53 bits per heavy atom. The van der Waals surface area contributed by atoms with E-state index in [2.05, 4.69) is 30.7 Å². The first-order valence-corrected chi connectivity index (χ1v) is 5.32. The van der Waals surface area contributed by atoms with Crippen molar-refractivity contribution in [2.75, 3.05) is 17.7 Å². The van der Waals surface area contributed by atoms with Gasteiger partial charge in [-0.05, 0) is 24.4 Å². The van der Waals surface area contributed by atoms with Crippen molar-refractivity contribution < 1.29 is 0 Å². The lowest BCUT2D eigenvalue weighted by Gasteiger charge is -2.29. The van der Waals surface area contributed by atoms with Gasteiger partial charge in [0.25, 0.3) is 0 Å². The molecule has 0 aromatic carbocycles. The predicted octanol–water partition coefficient (Wildman–Crippen LogP) is 2.19. The average Bonchev–Trinajstić information content (AvgIpc) is 2.19. The third-order valence-corrected chi connectivity index (χ3v) is 2.86. The number of aromatic nitrogens is 2. The third-order valence-electron chi connectivity index (χ3n) is 2.68. The van der Waals surface area contributed by atoms with Crippen LogP contribution in [0.25, 0.3) is 0 Å². The van der Waals surface area contributed by atoms with E-state index in [1.807, 2.05) is 11.9 Å². The first kappa shape index (κ1) is 12.0. The third kappa shape index (κ3) is 2.72. The molecule has 0 aliphatic heterocycles. The summed E-state index contributed by atoms with van der Waals surface area (Å²) in [5.74, 6) is 1.21. The van der Waals surface area contributed by atoms with Crippen LogP contribution in [0.15, 0.2) is 6.20 Å². The number of nitrogens with two attached hydrogens (primary N) is 1. The Kier molecular flexibility index (Phi) is 3.74. The van der Waals surface area contributed by atoms with Gasteiger partial charge >= 0.3 is 0 Å². The minimum atomic E-state index is 0.224. The quantitative estimate of drug-likeness (QED) is 0.806. The van der Waals surface area contributed by atoms with Crippen LogP contribution in [0.3, 0.4) is 0 Å². The summed E-state index contributed by atoms with van der Waals surface area (Å²) in [5, 5.41) is 0.224. The van der Waals surface area contributed by atoms with Crippen LogP contribution >= 0.6 is 11.6 Å². The number of halogens is 1. The van der Waals surface area contributed by atoms with Crippen molar-refractivity contribution in [2.45, 2.75) is 26.8 Å². The Hall–Kier alpha value is -1.03. The van der Waals surface area contributed by atoms with Crippen LogP contribution in [-0.2, 0) is 0 Å². The zero-order valence-electron chi connectivity index (χ0n) is 9.53. The van der Waals surface area contributed by atoms with E-state index in [0.29, 0.717) is 23.5 Å². The zero-order chi connectivity index (χ0) is 11.6. The number of hydrogen-bond acceptors (Lipinski definition) is 4. The molecule has 84 valence electrons. The van der Waals surface area contributed by atoms with Gasteiger partial charge in [0.1, 0.15) is 0 Å². The van der Waals surface area contributed by atoms with Crippen LogP contribution in [0.5, 0.6) is 0 Å². The van der Waals surface area contributed by atoms with E-state index in [1.165, 1.54) is 6.20 Å². The van der Waals surface area contributed by atoms with E-state index in [1.54, 1.807) is 0 Å². The number of anilines is 2. The zero-order valence-corrected chi connectivity index (χ0v) is 10.3. The Morgan fingerprint density at radius 1 is 1.40 bits per heavy atom. The SMILES string of the molecule is CC(C)C(C)N(C)c1nc(Cl)ncc1N. The molecule has 0 bridgehead atoms. The van der Waals surface area contributed by atoms with E-state index in [0.717, 1.165) is 0 Å². The van der Waals surface area contributed by atoms with Gasteiger partial charge < -0.3 is 10.6 Å². The van der Waals surface area contributed by atoms with E-state index < -0.39 is 0 Å². The lowest BCUT2D eigenvalue weighted by Crippen LogP contribution is -2.34. The predicted molar refractivity (Wildman–Crippen MR) is 64.2 cm³/mol. The second-order valence-corrected chi connectivity index (χ2v) is 4.35. The van der Waals surface area contributed by atoms with Crippen molar-refractivity contribution >= 4 is 23.1 Å². The van der Waals surface area contributed by atoms with Gasteiger partial charge in [-0.15, -0.1) is 0 Å². The molecule has 1 aromatic heterocycles. The minimum Gasteiger partial charge on any atom is -0.394 e. The second-order valence-electron chi connectivity index (χ2n) is 4.01. The van der Waals surface area contributed by atoms with Crippen LogP contribution in [-0.4, -0.2) is 23.1 Å². The minimum absolute atomic E-state index is 0.224. The fourth-order valence-corrected chi connectivity index (χ4v) is 1.41. The van der Waals surface area contributed by atoms with E-state index in [4.69, 9.17) is 17.3 Å². The molecule has 0 aliphatic carbocycles. The lowest BCUT2D eigenvalue weighted by molar-refractivity contribution is 0.503. The molecule has 1 heterocycles. The molecule has 0 saturated carbocycles. The largest absolute Gasteiger partial charge is 0.394 e. The summed E-state index contributed by atoms with van der Waals surface area (Å²) in [7, 11) is 1.96. The molecule has 1 aromatic rings. The maximum Gasteiger partial charge on any atom is 0.224 e. The summed E-state index contributed by atoms with van der Waals surface area (Å²) >= 11 is 5.74. The maximum atomic E-state index is 5.80. The summed E-state index contributed by atoms with van der Waals surface area (Å²) in [4.78, 5) is 9.98. The van der Waals surface area contributed by atoms with Gasteiger partial charge in [-0.3, -0.25) is 0 Å². The van der Waals surface area contributed by atoms with Crippen molar-refractivity contribution in [2.24, 2.45) is 5.92 Å². The van der Waals surface area contributed by atoms with Gasteiger partial charge in [-0.1, -0.05) is 13.8 Å². The molecule has 4 nitrogen and oxygen atoms in total. The summed E-state index contributed by atoms with van der Waals surface area (Å²) in [6.07, 6.45) is 1.54. The molecule has 0 radical (unpaired) electrons. The molecular formula is C10H17ClN4. The number of nitrogen functional groups attached to an aromatic ring is 1. The number of nitrogens with zero attached hydrogens (tertiary/aromatic N) is 3.